The van der Waals surface area contributed by atoms with Crippen LogP contribution in [0.2, 0.25) is 5.02 Å². The Kier molecular flexibility index (Phi) is 4.36. The summed E-state index contributed by atoms with van der Waals surface area (Å²) in [6.45, 7) is 0.392. The minimum Gasteiger partial charge on any atom is -0.481 e. The van der Waals surface area contributed by atoms with E-state index >= 15 is 0 Å². The number of carbonyl (C=O) groups is 1. The highest BCUT2D eigenvalue weighted by molar-refractivity contribution is 6.33. The lowest BCUT2D eigenvalue weighted by Gasteiger charge is -2.07. The van der Waals surface area contributed by atoms with Crippen molar-refractivity contribution in [3.63, 3.8) is 0 Å². The monoisotopic (exact) mass is 276 g/mol. The molecule has 0 saturated carbocycles. The van der Waals surface area contributed by atoms with Gasteiger partial charge in [0.1, 0.15) is 0 Å². The van der Waals surface area contributed by atoms with Gasteiger partial charge >= 0.3 is 0 Å². The van der Waals surface area contributed by atoms with Crippen LogP contribution in [0.3, 0.4) is 0 Å². The number of rotatable bonds is 4. The van der Waals surface area contributed by atoms with E-state index in [1.165, 1.54) is 0 Å². The maximum Gasteiger partial charge on any atom is 0.253 e. The molecule has 2 aromatic rings. The van der Waals surface area contributed by atoms with E-state index in [-0.39, 0.29) is 5.91 Å². The molecule has 0 fully saturated rings. The molecule has 0 aliphatic rings. The third kappa shape index (κ3) is 3.45. The topological polar surface area (TPSA) is 51.2 Å². The summed E-state index contributed by atoms with van der Waals surface area (Å²) in [5, 5.41) is 3.24. The molecule has 0 atom stereocenters. The normalized spacial score (nSPS) is 10.0. The van der Waals surface area contributed by atoms with Crippen LogP contribution in [-0.4, -0.2) is 18.0 Å². The average molecular weight is 277 g/mol. The predicted molar refractivity (Wildman–Crippen MR) is 73.4 cm³/mol. The number of ether oxygens (including phenoxy) is 1. The molecular formula is C14H13ClN2O2. The molecular weight excluding hydrogens is 264 g/mol. The van der Waals surface area contributed by atoms with E-state index in [1.54, 1.807) is 43.6 Å². The number of hydrogen-bond acceptors (Lipinski definition) is 3. The number of benzene rings is 1. The fourth-order valence-electron chi connectivity index (χ4n) is 1.59. The fraction of sp³-hybridized carbons (Fsp3) is 0.143. The number of hydrogen-bond donors (Lipinski definition) is 1. The smallest absolute Gasteiger partial charge is 0.253 e. The maximum absolute atomic E-state index is 12.0. The molecule has 0 bridgehead atoms. The van der Waals surface area contributed by atoms with Gasteiger partial charge in [0.25, 0.3) is 5.91 Å². The average Bonchev–Trinajstić information content (AvgIpc) is 2.45. The molecule has 1 aromatic carbocycles. The van der Waals surface area contributed by atoms with E-state index in [0.29, 0.717) is 23.0 Å². The highest BCUT2D eigenvalue weighted by Crippen LogP contribution is 2.15. The number of pyridine rings is 1. The second kappa shape index (κ2) is 6.20. The van der Waals surface area contributed by atoms with Crippen molar-refractivity contribution in [3.8, 4) is 5.88 Å². The first kappa shape index (κ1) is 13.4. The van der Waals surface area contributed by atoms with Gasteiger partial charge in [-0.2, -0.15) is 0 Å². The molecule has 1 aromatic heterocycles. The van der Waals surface area contributed by atoms with Crippen LogP contribution in [-0.2, 0) is 6.54 Å². The number of halogens is 1. The zero-order chi connectivity index (χ0) is 13.7. The third-order valence-electron chi connectivity index (χ3n) is 2.58. The van der Waals surface area contributed by atoms with Gasteiger partial charge in [-0.1, -0.05) is 23.7 Å². The number of methoxy groups -OCH3 is 1. The lowest BCUT2D eigenvalue weighted by Crippen LogP contribution is -2.23. The van der Waals surface area contributed by atoms with Crippen LogP contribution >= 0.6 is 11.6 Å². The van der Waals surface area contributed by atoms with Crippen LogP contribution < -0.4 is 10.1 Å². The Hall–Kier alpha value is -2.07. The van der Waals surface area contributed by atoms with Crippen LogP contribution in [0.15, 0.2) is 42.6 Å². The number of aromatic nitrogens is 1. The van der Waals surface area contributed by atoms with Crippen molar-refractivity contribution in [3.05, 3.63) is 58.7 Å². The Morgan fingerprint density at radius 1 is 1.37 bits per heavy atom. The summed E-state index contributed by atoms with van der Waals surface area (Å²) in [6.07, 6.45) is 1.63. The van der Waals surface area contributed by atoms with Crippen LogP contribution in [0.5, 0.6) is 5.88 Å². The minimum absolute atomic E-state index is 0.207. The summed E-state index contributed by atoms with van der Waals surface area (Å²) >= 11 is 5.96. The summed E-state index contributed by atoms with van der Waals surface area (Å²) < 4.78 is 5.02. The highest BCUT2D eigenvalue weighted by Gasteiger charge is 2.09. The Balaban J connectivity index is 2.02. The fourth-order valence-corrected chi connectivity index (χ4v) is 1.82. The van der Waals surface area contributed by atoms with Crippen molar-refractivity contribution >= 4 is 17.5 Å². The Bertz CT molecular complexity index is 587. The van der Waals surface area contributed by atoms with E-state index in [4.69, 9.17) is 16.3 Å². The number of nitrogens with zero attached hydrogens (tertiary/aromatic N) is 1. The second-order valence-corrected chi connectivity index (χ2v) is 4.28. The first-order valence-electron chi connectivity index (χ1n) is 5.72. The first-order valence-corrected chi connectivity index (χ1v) is 6.10. The van der Waals surface area contributed by atoms with Gasteiger partial charge in [0, 0.05) is 18.8 Å². The van der Waals surface area contributed by atoms with Gasteiger partial charge in [-0.05, 0) is 23.8 Å². The zero-order valence-electron chi connectivity index (χ0n) is 10.4. The lowest BCUT2D eigenvalue weighted by atomic mass is 10.2. The highest BCUT2D eigenvalue weighted by atomic mass is 35.5. The summed E-state index contributed by atoms with van der Waals surface area (Å²) in [5.41, 5.74) is 1.37. The van der Waals surface area contributed by atoms with Gasteiger partial charge in [-0.25, -0.2) is 4.98 Å². The Morgan fingerprint density at radius 2 is 2.16 bits per heavy atom. The summed E-state index contributed by atoms with van der Waals surface area (Å²) in [4.78, 5) is 16.0. The molecule has 5 heteroatoms. The van der Waals surface area contributed by atoms with Crippen LogP contribution in [0, 0.1) is 0 Å². The van der Waals surface area contributed by atoms with E-state index < -0.39 is 0 Å². The minimum atomic E-state index is -0.207. The van der Waals surface area contributed by atoms with Gasteiger partial charge in [-0.3, -0.25) is 4.79 Å². The van der Waals surface area contributed by atoms with E-state index in [2.05, 4.69) is 10.3 Å². The van der Waals surface area contributed by atoms with Crippen LogP contribution in [0.4, 0.5) is 0 Å². The predicted octanol–water partition coefficient (Wildman–Crippen LogP) is 2.67. The molecule has 0 unspecified atom stereocenters. The van der Waals surface area contributed by atoms with Gasteiger partial charge in [0.05, 0.1) is 17.7 Å². The van der Waals surface area contributed by atoms with Crippen molar-refractivity contribution in [1.29, 1.82) is 0 Å². The largest absolute Gasteiger partial charge is 0.481 e. The van der Waals surface area contributed by atoms with E-state index in [9.17, 15) is 4.79 Å². The van der Waals surface area contributed by atoms with Gasteiger partial charge in [-0.15, -0.1) is 0 Å². The Labute approximate surface area is 116 Å². The number of amides is 1. The van der Waals surface area contributed by atoms with Crippen molar-refractivity contribution < 1.29 is 9.53 Å². The molecule has 0 aliphatic carbocycles. The third-order valence-corrected chi connectivity index (χ3v) is 2.91. The molecule has 0 spiro atoms. The van der Waals surface area contributed by atoms with Crippen molar-refractivity contribution in [2.75, 3.05) is 7.11 Å². The molecule has 1 N–H and O–H groups in total. The molecule has 98 valence electrons. The van der Waals surface area contributed by atoms with Crippen LogP contribution in [0.1, 0.15) is 15.9 Å². The van der Waals surface area contributed by atoms with E-state index in [1.807, 2.05) is 6.07 Å². The lowest BCUT2D eigenvalue weighted by molar-refractivity contribution is 0.0951. The van der Waals surface area contributed by atoms with Gasteiger partial charge in [0.2, 0.25) is 5.88 Å². The number of nitrogens with one attached hydrogen (secondary N) is 1. The Morgan fingerprint density at radius 3 is 2.89 bits per heavy atom. The van der Waals surface area contributed by atoms with Crippen molar-refractivity contribution in [1.82, 2.24) is 10.3 Å². The molecule has 1 amide bonds. The van der Waals surface area contributed by atoms with E-state index in [0.717, 1.165) is 5.56 Å². The van der Waals surface area contributed by atoms with Gasteiger partial charge < -0.3 is 10.1 Å². The molecule has 19 heavy (non-hydrogen) atoms. The van der Waals surface area contributed by atoms with Crippen LogP contribution in [0.25, 0.3) is 0 Å². The van der Waals surface area contributed by atoms with Crippen molar-refractivity contribution in [2.45, 2.75) is 6.54 Å². The standard InChI is InChI=1S/C14H13ClN2O2/c1-19-13-8-10(6-7-16-13)9-17-14(18)11-4-2-3-5-12(11)15/h2-8H,9H2,1H3,(H,17,18). The molecule has 0 saturated heterocycles. The summed E-state index contributed by atoms with van der Waals surface area (Å²) in [6, 6.07) is 10.5. The molecule has 0 radical (unpaired) electrons. The maximum atomic E-state index is 12.0. The molecule has 2 rings (SSSR count). The summed E-state index contributed by atoms with van der Waals surface area (Å²) in [5.74, 6) is 0.311. The summed E-state index contributed by atoms with van der Waals surface area (Å²) in [7, 11) is 1.55. The molecule has 4 nitrogen and oxygen atoms in total. The first-order chi connectivity index (χ1) is 9.20. The second-order valence-electron chi connectivity index (χ2n) is 3.87. The zero-order valence-corrected chi connectivity index (χ0v) is 11.1. The molecule has 0 aliphatic heterocycles. The number of carbonyl (C=O) groups excluding carboxylic acids is 1. The van der Waals surface area contributed by atoms with Gasteiger partial charge in [0.15, 0.2) is 0 Å². The quantitative estimate of drug-likeness (QED) is 0.934. The molecule has 1 heterocycles. The SMILES string of the molecule is COc1cc(CNC(=O)c2ccccc2Cl)ccn1. The van der Waals surface area contributed by atoms with Crippen molar-refractivity contribution in [2.24, 2.45) is 0 Å².